The van der Waals surface area contributed by atoms with Gasteiger partial charge in [0.05, 0.1) is 27.0 Å². The lowest BCUT2D eigenvalue weighted by molar-refractivity contribution is 0.262. The van der Waals surface area contributed by atoms with Crippen LogP contribution in [-0.4, -0.2) is 9.55 Å². The normalized spacial score (nSPS) is 22.9. The fourth-order valence-corrected chi connectivity index (χ4v) is 4.01. The highest BCUT2D eigenvalue weighted by molar-refractivity contribution is 6.42. The largest absolute Gasteiger partial charge is 0.324 e. The Morgan fingerprint density at radius 3 is 2.71 bits per heavy atom. The van der Waals surface area contributed by atoms with Crippen molar-refractivity contribution < 1.29 is 0 Å². The van der Waals surface area contributed by atoms with E-state index in [1.807, 2.05) is 12.1 Å². The fourth-order valence-electron chi connectivity index (χ4n) is 3.51. The van der Waals surface area contributed by atoms with Crippen LogP contribution in [0.25, 0.3) is 11.0 Å². The Morgan fingerprint density at radius 2 is 2.00 bits per heavy atom. The molecule has 3 rings (SSSR count). The molecule has 0 saturated heterocycles. The van der Waals surface area contributed by atoms with Crippen molar-refractivity contribution in [3.05, 3.63) is 28.0 Å². The second-order valence-electron chi connectivity index (χ2n) is 5.88. The highest BCUT2D eigenvalue weighted by atomic mass is 35.5. The Kier molecular flexibility index (Phi) is 4.68. The first-order valence-corrected chi connectivity index (χ1v) is 8.84. The van der Waals surface area contributed by atoms with Crippen LogP contribution < -0.4 is 0 Å². The zero-order valence-corrected chi connectivity index (χ0v) is 14.3. The Balaban J connectivity index is 2.09. The summed E-state index contributed by atoms with van der Waals surface area (Å²) in [6, 6.07) is 4.24. The third kappa shape index (κ3) is 2.91. The van der Waals surface area contributed by atoms with E-state index in [1.165, 1.54) is 32.1 Å². The number of hydrogen-bond donors (Lipinski definition) is 0. The highest BCUT2D eigenvalue weighted by Gasteiger charge is 2.25. The predicted molar refractivity (Wildman–Crippen MR) is 90.6 cm³/mol. The predicted octanol–water partition coefficient (Wildman–Crippen LogP) is 6.22. The van der Waals surface area contributed by atoms with Gasteiger partial charge in [-0.25, -0.2) is 4.98 Å². The van der Waals surface area contributed by atoms with Gasteiger partial charge < -0.3 is 4.57 Å². The van der Waals surface area contributed by atoms with Gasteiger partial charge in [0.15, 0.2) is 0 Å². The van der Waals surface area contributed by atoms with Gasteiger partial charge in [-0.15, -0.1) is 11.6 Å². The molecule has 1 heterocycles. The van der Waals surface area contributed by atoms with E-state index in [0.29, 0.717) is 22.0 Å². The van der Waals surface area contributed by atoms with Crippen LogP contribution in [0.2, 0.25) is 10.0 Å². The summed E-state index contributed by atoms with van der Waals surface area (Å²) < 4.78 is 2.30. The minimum absolute atomic E-state index is 0.414. The second-order valence-corrected chi connectivity index (χ2v) is 6.96. The number of imidazole rings is 1. The molecular formula is C16H19Cl3N2. The molecule has 114 valence electrons. The van der Waals surface area contributed by atoms with Gasteiger partial charge in [0, 0.05) is 6.04 Å². The van der Waals surface area contributed by atoms with Crippen molar-refractivity contribution in [1.82, 2.24) is 9.55 Å². The lowest BCUT2D eigenvalue weighted by Crippen LogP contribution is -2.20. The fraction of sp³-hybridized carbons (Fsp3) is 0.562. The number of nitrogens with zero attached hydrogens (tertiary/aromatic N) is 2. The van der Waals surface area contributed by atoms with E-state index in [2.05, 4.69) is 16.5 Å². The van der Waals surface area contributed by atoms with Crippen LogP contribution >= 0.6 is 34.8 Å². The maximum absolute atomic E-state index is 6.20. The van der Waals surface area contributed by atoms with E-state index < -0.39 is 0 Å². The van der Waals surface area contributed by atoms with Crippen molar-refractivity contribution in [2.24, 2.45) is 5.92 Å². The van der Waals surface area contributed by atoms with Gasteiger partial charge in [0.1, 0.15) is 5.82 Å². The van der Waals surface area contributed by atoms with Gasteiger partial charge in [0.25, 0.3) is 0 Å². The lowest BCUT2D eigenvalue weighted by atomic mass is 9.84. The molecule has 1 saturated carbocycles. The zero-order valence-electron chi connectivity index (χ0n) is 12.1. The molecule has 0 N–H and O–H groups in total. The Bertz CT molecular complexity index is 650. The summed E-state index contributed by atoms with van der Waals surface area (Å²) in [5.74, 6) is 2.14. The number of fused-ring (bicyclic) bond motifs is 1. The maximum Gasteiger partial charge on any atom is 0.125 e. The molecule has 1 aliphatic rings. The first-order valence-electron chi connectivity index (χ1n) is 7.55. The summed E-state index contributed by atoms with van der Waals surface area (Å²) in [6.45, 7) is 2.28. The van der Waals surface area contributed by atoms with Gasteiger partial charge in [0.2, 0.25) is 0 Å². The third-order valence-corrected chi connectivity index (χ3v) is 5.58. The molecule has 2 nitrogen and oxygen atoms in total. The number of halogens is 3. The van der Waals surface area contributed by atoms with Crippen LogP contribution in [0.15, 0.2) is 12.1 Å². The molecule has 1 aliphatic carbocycles. The average molecular weight is 346 g/mol. The van der Waals surface area contributed by atoms with Crippen LogP contribution in [0.3, 0.4) is 0 Å². The summed E-state index contributed by atoms with van der Waals surface area (Å²) in [6.07, 6.45) is 6.23. The molecule has 5 heteroatoms. The highest BCUT2D eigenvalue weighted by Crippen LogP contribution is 2.38. The number of aromatic nitrogens is 2. The van der Waals surface area contributed by atoms with Gasteiger partial charge >= 0.3 is 0 Å². The summed E-state index contributed by atoms with van der Waals surface area (Å²) in [7, 11) is 0. The summed E-state index contributed by atoms with van der Waals surface area (Å²) >= 11 is 18.4. The number of benzene rings is 1. The van der Waals surface area contributed by atoms with E-state index in [0.717, 1.165) is 22.8 Å². The third-order valence-electron chi connectivity index (χ3n) is 4.62. The zero-order chi connectivity index (χ0) is 15.0. The minimum atomic E-state index is 0.414. The molecule has 0 amide bonds. The quantitative estimate of drug-likeness (QED) is 0.603. The summed E-state index contributed by atoms with van der Waals surface area (Å²) in [5.41, 5.74) is 1.94. The van der Waals surface area contributed by atoms with Crippen LogP contribution in [0.5, 0.6) is 0 Å². The van der Waals surface area contributed by atoms with Gasteiger partial charge in [-0.3, -0.25) is 0 Å². The first-order chi connectivity index (χ1) is 10.1. The molecule has 0 aliphatic heterocycles. The Labute approximate surface area is 140 Å². The maximum atomic E-state index is 6.20. The summed E-state index contributed by atoms with van der Waals surface area (Å²) in [5, 5.41) is 1.12. The molecule has 0 radical (unpaired) electrons. The molecule has 21 heavy (non-hydrogen) atoms. The number of alkyl halides is 1. The first kappa shape index (κ1) is 15.5. The van der Waals surface area contributed by atoms with E-state index in [1.54, 1.807) is 0 Å². The minimum Gasteiger partial charge on any atom is -0.324 e. The van der Waals surface area contributed by atoms with Crippen LogP contribution in [0, 0.1) is 5.92 Å². The lowest BCUT2D eigenvalue weighted by Gasteiger charge is -2.30. The van der Waals surface area contributed by atoms with Crippen molar-refractivity contribution in [3.63, 3.8) is 0 Å². The smallest absolute Gasteiger partial charge is 0.125 e. The van der Waals surface area contributed by atoms with Crippen molar-refractivity contribution in [2.75, 3.05) is 0 Å². The van der Waals surface area contributed by atoms with Crippen molar-refractivity contribution in [3.8, 4) is 0 Å². The molecule has 1 fully saturated rings. The van der Waals surface area contributed by atoms with E-state index in [4.69, 9.17) is 34.8 Å². The van der Waals surface area contributed by atoms with Gasteiger partial charge in [-0.2, -0.15) is 0 Å². The van der Waals surface area contributed by atoms with Crippen molar-refractivity contribution in [1.29, 1.82) is 0 Å². The molecule has 0 bridgehead atoms. The number of rotatable bonds is 3. The average Bonchev–Trinajstić information content (AvgIpc) is 2.85. The number of hydrogen-bond acceptors (Lipinski definition) is 1. The molecule has 2 atom stereocenters. The van der Waals surface area contributed by atoms with Crippen molar-refractivity contribution >= 4 is 45.8 Å². The monoisotopic (exact) mass is 344 g/mol. The molecular weight excluding hydrogens is 327 g/mol. The Hall–Kier alpha value is -0.440. The second kappa shape index (κ2) is 6.36. The standard InChI is InChI=1S/C16H19Cl3N2/c1-2-10-4-3-5-11(6-10)21-15-8-13(19)12(18)7-14(15)20-16(21)9-17/h7-8,10-11H,2-6,9H2,1H3. The molecule has 2 aromatic rings. The van der Waals surface area contributed by atoms with Gasteiger partial charge in [-0.05, 0) is 30.9 Å². The molecule has 2 unspecified atom stereocenters. The Morgan fingerprint density at radius 1 is 1.24 bits per heavy atom. The topological polar surface area (TPSA) is 17.8 Å². The van der Waals surface area contributed by atoms with Crippen LogP contribution in [0.1, 0.15) is 50.9 Å². The van der Waals surface area contributed by atoms with E-state index in [9.17, 15) is 0 Å². The molecule has 0 spiro atoms. The van der Waals surface area contributed by atoms with Crippen LogP contribution in [-0.2, 0) is 5.88 Å². The van der Waals surface area contributed by atoms with Crippen molar-refractivity contribution in [2.45, 2.75) is 50.9 Å². The van der Waals surface area contributed by atoms with E-state index in [-0.39, 0.29) is 0 Å². The molecule has 1 aromatic carbocycles. The molecule has 1 aromatic heterocycles. The van der Waals surface area contributed by atoms with Gasteiger partial charge in [-0.1, -0.05) is 49.4 Å². The van der Waals surface area contributed by atoms with E-state index >= 15 is 0 Å². The SMILES string of the molecule is CCC1CCCC(n2c(CCl)nc3cc(Cl)c(Cl)cc32)C1. The van der Waals surface area contributed by atoms with Crippen LogP contribution in [0.4, 0.5) is 0 Å². The summed E-state index contributed by atoms with van der Waals surface area (Å²) in [4.78, 5) is 4.65.